The fourth-order valence-corrected chi connectivity index (χ4v) is 3.81. The Kier molecular flexibility index (Phi) is 4.05. The summed E-state index contributed by atoms with van der Waals surface area (Å²) in [7, 11) is 0. The number of aryl methyl sites for hydroxylation is 1. The van der Waals surface area contributed by atoms with Gasteiger partial charge in [0.15, 0.2) is 0 Å². The van der Waals surface area contributed by atoms with E-state index in [0.29, 0.717) is 17.2 Å². The Bertz CT molecular complexity index is 937. The Morgan fingerprint density at radius 2 is 1.84 bits per heavy atom. The van der Waals surface area contributed by atoms with Crippen LogP contribution in [-0.4, -0.2) is 17.4 Å². The van der Waals surface area contributed by atoms with Crippen LogP contribution in [0.3, 0.4) is 0 Å². The number of carbonyl (C=O) groups excluding carboxylic acids is 1. The molecule has 1 aliphatic heterocycles. The average Bonchev–Trinajstić information content (AvgIpc) is 3.11. The van der Waals surface area contributed by atoms with Gasteiger partial charge in [0.2, 0.25) is 0 Å². The maximum atomic E-state index is 13.4. The maximum absolute atomic E-state index is 13.4. The Balaban J connectivity index is 1.63. The Labute approximate surface area is 147 Å². The van der Waals surface area contributed by atoms with Crippen molar-refractivity contribution in [3.05, 3.63) is 70.7 Å². The van der Waals surface area contributed by atoms with Gasteiger partial charge in [0.05, 0.1) is 0 Å². The number of halogens is 2. The lowest BCUT2D eigenvalue weighted by molar-refractivity contribution is 0.0981. The molecule has 4 rings (SSSR count). The van der Waals surface area contributed by atoms with Gasteiger partial charge >= 0.3 is 0 Å². The van der Waals surface area contributed by atoms with Crippen LogP contribution in [0.4, 0.5) is 14.5 Å². The number of benzene rings is 2. The van der Waals surface area contributed by atoms with Crippen molar-refractivity contribution in [1.82, 2.24) is 4.98 Å². The first kappa shape index (κ1) is 15.9. The molecule has 0 radical (unpaired) electrons. The van der Waals surface area contributed by atoms with E-state index in [1.165, 1.54) is 35.6 Å². The molecule has 1 amide bonds. The van der Waals surface area contributed by atoms with Gasteiger partial charge in [-0.25, -0.2) is 13.8 Å². The quantitative estimate of drug-likeness (QED) is 0.668. The lowest BCUT2D eigenvalue weighted by Gasteiger charge is -2.28. The lowest BCUT2D eigenvalue weighted by atomic mass is 10.0. The molecule has 0 saturated heterocycles. The number of thiazole rings is 1. The normalized spacial score (nSPS) is 13.6. The molecule has 126 valence electrons. The lowest BCUT2D eigenvalue weighted by Crippen LogP contribution is -2.35. The molecule has 0 atom stereocenters. The van der Waals surface area contributed by atoms with Crippen LogP contribution in [0.1, 0.15) is 22.5 Å². The molecule has 1 aromatic heterocycles. The van der Waals surface area contributed by atoms with Gasteiger partial charge < -0.3 is 4.90 Å². The fraction of sp³-hybridized carbons (Fsp3) is 0.158. The largest absolute Gasteiger partial charge is 0.307 e. The first-order valence-electron chi connectivity index (χ1n) is 7.93. The highest BCUT2D eigenvalue weighted by atomic mass is 32.1. The van der Waals surface area contributed by atoms with Gasteiger partial charge in [0, 0.05) is 23.2 Å². The van der Waals surface area contributed by atoms with Gasteiger partial charge in [0.1, 0.15) is 22.3 Å². The van der Waals surface area contributed by atoms with Crippen LogP contribution in [0.25, 0.3) is 10.6 Å². The predicted octanol–water partition coefficient (Wildman–Crippen LogP) is 4.68. The van der Waals surface area contributed by atoms with Gasteiger partial charge in [0.25, 0.3) is 5.91 Å². The Morgan fingerprint density at radius 1 is 1.08 bits per heavy atom. The van der Waals surface area contributed by atoms with Crippen LogP contribution < -0.4 is 4.90 Å². The molecule has 0 fully saturated rings. The molecule has 6 heteroatoms. The van der Waals surface area contributed by atoms with E-state index in [0.717, 1.165) is 29.7 Å². The summed E-state index contributed by atoms with van der Waals surface area (Å²) in [6.45, 7) is 0.584. The number of carbonyl (C=O) groups is 1. The number of amides is 1. The molecule has 2 aromatic carbocycles. The highest BCUT2D eigenvalue weighted by Crippen LogP contribution is 2.30. The molecular formula is C19H14F2N2OS. The van der Waals surface area contributed by atoms with Crippen LogP contribution in [0, 0.1) is 11.6 Å². The van der Waals surface area contributed by atoms with E-state index in [4.69, 9.17) is 0 Å². The first-order valence-corrected chi connectivity index (χ1v) is 8.81. The number of anilines is 1. The summed E-state index contributed by atoms with van der Waals surface area (Å²) in [6, 6.07) is 10.5. The van der Waals surface area contributed by atoms with E-state index in [1.54, 1.807) is 28.5 Å². The van der Waals surface area contributed by atoms with E-state index < -0.39 is 0 Å². The first-order chi connectivity index (χ1) is 12.1. The van der Waals surface area contributed by atoms with Crippen molar-refractivity contribution in [2.45, 2.75) is 12.8 Å². The van der Waals surface area contributed by atoms with Crippen LogP contribution in [0.2, 0.25) is 0 Å². The third-order valence-electron chi connectivity index (χ3n) is 4.22. The zero-order chi connectivity index (χ0) is 17.4. The van der Waals surface area contributed by atoms with Crippen molar-refractivity contribution < 1.29 is 13.6 Å². The Hall–Kier alpha value is -2.60. The summed E-state index contributed by atoms with van der Waals surface area (Å²) in [5, 5.41) is 2.37. The average molecular weight is 356 g/mol. The molecule has 1 aliphatic rings. The molecular weight excluding hydrogens is 342 g/mol. The van der Waals surface area contributed by atoms with Crippen LogP contribution in [0.15, 0.2) is 47.8 Å². The number of rotatable bonds is 2. The minimum atomic E-state index is -0.311. The van der Waals surface area contributed by atoms with Crippen molar-refractivity contribution in [2.75, 3.05) is 11.4 Å². The van der Waals surface area contributed by atoms with Crippen molar-refractivity contribution in [2.24, 2.45) is 0 Å². The number of aromatic nitrogens is 1. The van der Waals surface area contributed by atoms with Gasteiger partial charge in [-0.05, 0) is 60.9 Å². The highest BCUT2D eigenvalue weighted by Gasteiger charge is 2.25. The molecule has 0 saturated carbocycles. The van der Waals surface area contributed by atoms with E-state index in [9.17, 15) is 13.6 Å². The fourth-order valence-electron chi connectivity index (χ4n) is 3.01. The number of fused-ring (bicyclic) bond motifs is 1. The summed E-state index contributed by atoms with van der Waals surface area (Å²) in [6.07, 6.45) is 1.55. The molecule has 3 nitrogen and oxygen atoms in total. The molecule has 3 aromatic rings. The molecule has 0 bridgehead atoms. The minimum absolute atomic E-state index is 0.197. The molecule has 25 heavy (non-hydrogen) atoms. The van der Waals surface area contributed by atoms with Gasteiger partial charge in [-0.3, -0.25) is 4.79 Å². The molecule has 0 N–H and O–H groups in total. The van der Waals surface area contributed by atoms with Crippen molar-refractivity contribution in [3.63, 3.8) is 0 Å². The summed E-state index contributed by atoms with van der Waals surface area (Å²) in [4.78, 5) is 18.9. The van der Waals surface area contributed by atoms with Crippen LogP contribution in [0.5, 0.6) is 0 Å². The summed E-state index contributed by atoms with van der Waals surface area (Å²) >= 11 is 1.34. The minimum Gasteiger partial charge on any atom is -0.307 e. The van der Waals surface area contributed by atoms with E-state index in [2.05, 4.69) is 4.98 Å². The third-order valence-corrected chi connectivity index (χ3v) is 5.11. The van der Waals surface area contributed by atoms with Crippen molar-refractivity contribution in [1.29, 1.82) is 0 Å². The smallest absolute Gasteiger partial charge is 0.277 e. The molecule has 0 spiro atoms. The van der Waals surface area contributed by atoms with Crippen LogP contribution in [-0.2, 0) is 6.42 Å². The van der Waals surface area contributed by atoms with Gasteiger partial charge in [-0.2, -0.15) is 0 Å². The monoisotopic (exact) mass is 356 g/mol. The number of hydrogen-bond acceptors (Lipinski definition) is 3. The van der Waals surface area contributed by atoms with Crippen molar-refractivity contribution >= 4 is 22.9 Å². The third kappa shape index (κ3) is 3.05. The molecule has 0 unspecified atom stereocenters. The Morgan fingerprint density at radius 3 is 2.64 bits per heavy atom. The SMILES string of the molecule is O=C(c1csc(-c2ccc(F)cc2)n1)N1CCCc2cc(F)ccc21. The van der Waals surface area contributed by atoms with E-state index >= 15 is 0 Å². The highest BCUT2D eigenvalue weighted by molar-refractivity contribution is 7.13. The van der Waals surface area contributed by atoms with E-state index in [1.807, 2.05) is 0 Å². The second-order valence-corrected chi connectivity index (χ2v) is 6.74. The zero-order valence-corrected chi connectivity index (χ0v) is 14.0. The van der Waals surface area contributed by atoms with Crippen LogP contribution >= 0.6 is 11.3 Å². The number of nitrogens with zero attached hydrogens (tertiary/aromatic N) is 2. The second-order valence-electron chi connectivity index (χ2n) is 5.88. The van der Waals surface area contributed by atoms with E-state index in [-0.39, 0.29) is 17.5 Å². The maximum Gasteiger partial charge on any atom is 0.277 e. The molecule has 0 aliphatic carbocycles. The standard InChI is InChI=1S/C19H14F2N2OS/c20-14-5-3-12(4-6-14)18-22-16(11-25-18)19(24)23-9-1-2-13-10-15(21)7-8-17(13)23/h3-8,10-11H,1-2,9H2. The summed E-state index contributed by atoms with van der Waals surface area (Å²) in [5.74, 6) is -0.800. The number of hydrogen-bond donors (Lipinski definition) is 0. The second kappa shape index (κ2) is 6.37. The summed E-state index contributed by atoms with van der Waals surface area (Å²) in [5.41, 5.74) is 2.70. The van der Waals surface area contributed by atoms with Gasteiger partial charge in [-0.1, -0.05) is 0 Å². The zero-order valence-electron chi connectivity index (χ0n) is 13.2. The van der Waals surface area contributed by atoms with Gasteiger partial charge in [-0.15, -0.1) is 11.3 Å². The topological polar surface area (TPSA) is 33.2 Å². The summed E-state index contributed by atoms with van der Waals surface area (Å²) < 4.78 is 26.5. The molecule has 2 heterocycles. The van der Waals surface area contributed by atoms with Crippen molar-refractivity contribution in [3.8, 4) is 10.6 Å². The predicted molar refractivity (Wildman–Crippen MR) is 93.9 cm³/mol.